The van der Waals surface area contributed by atoms with Crippen LogP contribution in [0.4, 0.5) is 0 Å². The SMILES string of the molecule is CCc1noc(-c2ccc(OCC(=O)N3CCOCC3)cc2)n1. The van der Waals surface area contributed by atoms with Gasteiger partial charge in [0, 0.05) is 25.1 Å². The maximum Gasteiger partial charge on any atom is 0.260 e. The largest absolute Gasteiger partial charge is 0.484 e. The Bertz CT molecular complexity index is 648. The van der Waals surface area contributed by atoms with Crippen molar-refractivity contribution < 1.29 is 18.8 Å². The molecule has 0 aliphatic carbocycles. The van der Waals surface area contributed by atoms with E-state index in [1.165, 1.54) is 0 Å². The van der Waals surface area contributed by atoms with Crippen LogP contribution in [0, 0.1) is 0 Å². The third-order valence-electron chi connectivity index (χ3n) is 3.61. The number of hydrogen-bond acceptors (Lipinski definition) is 6. The van der Waals surface area contributed by atoms with Crippen LogP contribution in [0.3, 0.4) is 0 Å². The average Bonchev–Trinajstić information content (AvgIpc) is 3.10. The summed E-state index contributed by atoms with van der Waals surface area (Å²) < 4.78 is 15.9. The summed E-state index contributed by atoms with van der Waals surface area (Å²) in [5.74, 6) is 1.77. The smallest absolute Gasteiger partial charge is 0.260 e. The summed E-state index contributed by atoms with van der Waals surface area (Å²) in [7, 11) is 0. The molecular formula is C16H19N3O4. The lowest BCUT2D eigenvalue weighted by Gasteiger charge is -2.26. The second kappa shape index (κ2) is 7.23. The van der Waals surface area contributed by atoms with Gasteiger partial charge in [-0.15, -0.1) is 0 Å². The zero-order chi connectivity index (χ0) is 16.1. The number of rotatable bonds is 5. The standard InChI is InChI=1S/C16H19N3O4/c1-2-14-17-16(23-18-14)12-3-5-13(6-4-12)22-11-15(20)19-7-9-21-10-8-19/h3-6H,2,7-11H2,1H3. The lowest BCUT2D eigenvalue weighted by Crippen LogP contribution is -2.42. The highest BCUT2D eigenvalue weighted by Gasteiger charge is 2.17. The summed E-state index contributed by atoms with van der Waals surface area (Å²) in [6, 6.07) is 7.25. The summed E-state index contributed by atoms with van der Waals surface area (Å²) in [6.07, 6.45) is 0.731. The Hall–Kier alpha value is -2.41. The Balaban J connectivity index is 1.55. The number of carbonyl (C=O) groups is 1. The van der Waals surface area contributed by atoms with Crippen LogP contribution in [0.25, 0.3) is 11.5 Å². The van der Waals surface area contributed by atoms with E-state index in [9.17, 15) is 4.79 Å². The van der Waals surface area contributed by atoms with Gasteiger partial charge < -0.3 is 18.9 Å². The van der Waals surface area contributed by atoms with Crippen LogP contribution >= 0.6 is 0 Å². The van der Waals surface area contributed by atoms with E-state index in [4.69, 9.17) is 14.0 Å². The average molecular weight is 317 g/mol. The molecule has 1 saturated heterocycles. The molecule has 0 radical (unpaired) electrons. The third-order valence-corrected chi connectivity index (χ3v) is 3.61. The number of amides is 1. The highest BCUT2D eigenvalue weighted by molar-refractivity contribution is 5.77. The fourth-order valence-electron chi connectivity index (χ4n) is 2.26. The van der Waals surface area contributed by atoms with E-state index in [0.717, 1.165) is 12.0 Å². The maximum absolute atomic E-state index is 12.0. The van der Waals surface area contributed by atoms with E-state index in [0.29, 0.717) is 43.8 Å². The van der Waals surface area contributed by atoms with Crippen LogP contribution in [0.2, 0.25) is 0 Å². The molecule has 1 fully saturated rings. The molecule has 7 nitrogen and oxygen atoms in total. The molecule has 1 aliphatic rings. The predicted octanol–water partition coefficient (Wildman–Crippen LogP) is 1.54. The molecule has 1 amide bonds. The van der Waals surface area contributed by atoms with Crippen molar-refractivity contribution in [3.05, 3.63) is 30.1 Å². The quantitative estimate of drug-likeness (QED) is 0.832. The Labute approximate surface area is 134 Å². The summed E-state index contributed by atoms with van der Waals surface area (Å²) in [6.45, 7) is 4.42. The summed E-state index contributed by atoms with van der Waals surface area (Å²) in [5.41, 5.74) is 0.823. The Morgan fingerprint density at radius 1 is 1.26 bits per heavy atom. The number of nitrogens with zero attached hydrogens (tertiary/aromatic N) is 3. The van der Waals surface area contributed by atoms with Crippen LogP contribution in [-0.4, -0.2) is 53.9 Å². The number of morpholine rings is 1. The number of hydrogen-bond donors (Lipinski definition) is 0. The van der Waals surface area contributed by atoms with E-state index in [1.807, 2.05) is 19.1 Å². The van der Waals surface area contributed by atoms with Gasteiger partial charge in [-0.3, -0.25) is 4.79 Å². The summed E-state index contributed by atoms with van der Waals surface area (Å²) in [5, 5.41) is 3.87. The molecule has 3 rings (SSSR count). The number of carbonyl (C=O) groups excluding carboxylic acids is 1. The fourth-order valence-corrected chi connectivity index (χ4v) is 2.26. The normalized spacial score (nSPS) is 14.7. The van der Waals surface area contributed by atoms with Gasteiger partial charge in [-0.1, -0.05) is 12.1 Å². The Morgan fingerprint density at radius 2 is 2.00 bits per heavy atom. The third kappa shape index (κ3) is 3.87. The van der Waals surface area contributed by atoms with Gasteiger partial charge in [-0.25, -0.2) is 0 Å². The first-order valence-electron chi connectivity index (χ1n) is 7.67. The van der Waals surface area contributed by atoms with Gasteiger partial charge >= 0.3 is 0 Å². The molecule has 0 atom stereocenters. The molecule has 1 aromatic carbocycles. The predicted molar refractivity (Wildman–Crippen MR) is 82.0 cm³/mol. The first-order chi connectivity index (χ1) is 11.3. The molecule has 0 spiro atoms. The van der Waals surface area contributed by atoms with Crippen molar-refractivity contribution >= 4 is 5.91 Å². The van der Waals surface area contributed by atoms with Gasteiger partial charge in [0.25, 0.3) is 11.8 Å². The van der Waals surface area contributed by atoms with Gasteiger partial charge in [-0.2, -0.15) is 4.98 Å². The Morgan fingerprint density at radius 3 is 2.65 bits per heavy atom. The van der Waals surface area contributed by atoms with Crippen molar-refractivity contribution in [3.8, 4) is 17.2 Å². The van der Waals surface area contributed by atoms with Crippen molar-refractivity contribution in [2.75, 3.05) is 32.9 Å². The highest BCUT2D eigenvalue weighted by atomic mass is 16.5. The molecule has 0 saturated carbocycles. The number of aromatic nitrogens is 2. The minimum Gasteiger partial charge on any atom is -0.484 e. The number of benzene rings is 1. The first kappa shape index (κ1) is 15.5. The van der Waals surface area contributed by atoms with Crippen molar-refractivity contribution in [1.29, 1.82) is 0 Å². The monoisotopic (exact) mass is 317 g/mol. The van der Waals surface area contributed by atoms with E-state index in [-0.39, 0.29) is 12.5 Å². The maximum atomic E-state index is 12.0. The van der Waals surface area contributed by atoms with Crippen LogP contribution in [0.1, 0.15) is 12.7 Å². The van der Waals surface area contributed by atoms with Gasteiger partial charge in [0.2, 0.25) is 0 Å². The topological polar surface area (TPSA) is 77.7 Å². The number of aryl methyl sites for hydroxylation is 1. The molecule has 0 bridgehead atoms. The van der Waals surface area contributed by atoms with Crippen molar-refractivity contribution in [2.45, 2.75) is 13.3 Å². The highest BCUT2D eigenvalue weighted by Crippen LogP contribution is 2.21. The van der Waals surface area contributed by atoms with E-state index in [2.05, 4.69) is 10.1 Å². The molecular weight excluding hydrogens is 298 g/mol. The van der Waals surface area contributed by atoms with Crippen LogP contribution in [-0.2, 0) is 16.0 Å². The van der Waals surface area contributed by atoms with E-state index in [1.54, 1.807) is 17.0 Å². The molecule has 122 valence electrons. The zero-order valence-electron chi connectivity index (χ0n) is 13.0. The van der Waals surface area contributed by atoms with Crippen molar-refractivity contribution in [3.63, 3.8) is 0 Å². The summed E-state index contributed by atoms with van der Waals surface area (Å²) in [4.78, 5) is 18.0. The molecule has 7 heteroatoms. The molecule has 0 unspecified atom stereocenters. The lowest BCUT2D eigenvalue weighted by molar-refractivity contribution is -0.137. The molecule has 23 heavy (non-hydrogen) atoms. The molecule has 2 heterocycles. The van der Waals surface area contributed by atoms with Gasteiger partial charge in [0.1, 0.15) is 5.75 Å². The molecule has 2 aromatic rings. The number of ether oxygens (including phenoxy) is 2. The van der Waals surface area contributed by atoms with E-state index >= 15 is 0 Å². The van der Waals surface area contributed by atoms with Gasteiger partial charge in [-0.05, 0) is 24.3 Å². The van der Waals surface area contributed by atoms with Gasteiger partial charge in [0.15, 0.2) is 12.4 Å². The van der Waals surface area contributed by atoms with Crippen LogP contribution < -0.4 is 4.74 Å². The van der Waals surface area contributed by atoms with Crippen LogP contribution in [0.15, 0.2) is 28.8 Å². The second-order valence-electron chi connectivity index (χ2n) is 5.18. The Kier molecular flexibility index (Phi) is 4.87. The minimum absolute atomic E-state index is 0.0261. The second-order valence-corrected chi connectivity index (χ2v) is 5.18. The first-order valence-corrected chi connectivity index (χ1v) is 7.67. The van der Waals surface area contributed by atoms with Crippen molar-refractivity contribution in [2.24, 2.45) is 0 Å². The fraction of sp³-hybridized carbons (Fsp3) is 0.438. The molecule has 1 aromatic heterocycles. The van der Waals surface area contributed by atoms with Gasteiger partial charge in [0.05, 0.1) is 13.2 Å². The summed E-state index contributed by atoms with van der Waals surface area (Å²) >= 11 is 0. The lowest BCUT2D eigenvalue weighted by atomic mass is 10.2. The molecule has 1 aliphatic heterocycles. The van der Waals surface area contributed by atoms with E-state index < -0.39 is 0 Å². The minimum atomic E-state index is -0.0261. The van der Waals surface area contributed by atoms with Crippen molar-refractivity contribution in [1.82, 2.24) is 15.0 Å². The zero-order valence-corrected chi connectivity index (χ0v) is 13.0. The molecule has 0 N–H and O–H groups in total. The van der Waals surface area contributed by atoms with Crippen LogP contribution in [0.5, 0.6) is 5.75 Å².